The quantitative estimate of drug-likeness (QED) is 0.240. The van der Waals surface area contributed by atoms with Gasteiger partial charge < -0.3 is 4.74 Å². The Labute approximate surface area is 207 Å². The molecule has 0 N–H and O–H groups in total. The van der Waals surface area contributed by atoms with Crippen LogP contribution in [0.25, 0.3) is 0 Å². The Bertz CT molecular complexity index is 1090. The standard InChI is InChI=1S/C31H34F2O2/c1-3-7-28-29(32)19-27(20-30(28)33)35-31(34)26-16-14-25(15-17-26)24-12-10-22(11-13-24)18-21(2)23-8-5-4-6-9-23/h4-6,8-9,14-17,19-22,24H,3,7,10-13,18H2,1-2H3/t21-,22?,24?/m0/s1. The monoisotopic (exact) mass is 476 g/mol. The predicted molar refractivity (Wildman–Crippen MR) is 136 cm³/mol. The summed E-state index contributed by atoms with van der Waals surface area (Å²) in [4.78, 5) is 12.5. The number of benzene rings is 3. The molecule has 184 valence electrons. The molecule has 4 heteroatoms. The van der Waals surface area contributed by atoms with E-state index < -0.39 is 17.6 Å². The molecule has 3 aromatic rings. The first-order valence-corrected chi connectivity index (χ1v) is 12.8. The molecule has 0 aromatic heterocycles. The molecule has 0 aliphatic heterocycles. The maximum Gasteiger partial charge on any atom is 0.343 e. The van der Waals surface area contributed by atoms with Crippen molar-refractivity contribution in [2.75, 3.05) is 0 Å². The fourth-order valence-corrected chi connectivity index (χ4v) is 5.33. The summed E-state index contributed by atoms with van der Waals surface area (Å²) in [6.07, 6.45) is 6.90. The van der Waals surface area contributed by atoms with Crippen LogP contribution in [0, 0.1) is 17.6 Å². The molecule has 1 saturated carbocycles. The molecule has 0 spiro atoms. The highest BCUT2D eigenvalue weighted by molar-refractivity contribution is 5.91. The molecule has 0 unspecified atom stereocenters. The summed E-state index contributed by atoms with van der Waals surface area (Å²) in [6.45, 7) is 4.18. The van der Waals surface area contributed by atoms with Crippen molar-refractivity contribution >= 4 is 5.97 Å². The summed E-state index contributed by atoms with van der Waals surface area (Å²) in [6, 6.07) is 20.4. The topological polar surface area (TPSA) is 26.3 Å². The van der Waals surface area contributed by atoms with Crippen LogP contribution >= 0.6 is 0 Å². The van der Waals surface area contributed by atoms with Crippen molar-refractivity contribution in [1.82, 2.24) is 0 Å². The average Bonchev–Trinajstić information content (AvgIpc) is 2.87. The molecule has 1 atom stereocenters. The maximum absolute atomic E-state index is 14.2. The molecule has 1 fully saturated rings. The summed E-state index contributed by atoms with van der Waals surface area (Å²) < 4.78 is 33.6. The van der Waals surface area contributed by atoms with Gasteiger partial charge in [0.15, 0.2) is 0 Å². The lowest BCUT2D eigenvalue weighted by Gasteiger charge is -2.30. The third kappa shape index (κ3) is 6.36. The van der Waals surface area contributed by atoms with Gasteiger partial charge in [0.1, 0.15) is 17.4 Å². The molecular weight excluding hydrogens is 442 g/mol. The second-order valence-corrected chi connectivity index (χ2v) is 9.89. The number of ether oxygens (including phenoxy) is 1. The van der Waals surface area contributed by atoms with Crippen molar-refractivity contribution < 1.29 is 18.3 Å². The van der Waals surface area contributed by atoms with Crippen molar-refractivity contribution in [3.63, 3.8) is 0 Å². The van der Waals surface area contributed by atoms with Crippen LogP contribution in [0.1, 0.15) is 91.3 Å². The SMILES string of the molecule is CCCc1c(F)cc(OC(=O)c2ccc(C3CCC(C[C@H](C)c4ccccc4)CC3)cc2)cc1F. The minimum Gasteiger partial charge on any atom is -0.423 e. The third-order valence-electron chi connectivity index (χ3n) is 7.35. The molecule has 4 rings (SSSR count). The Hall–Kier alpha value is -3.01. The largest absolute Gasteiger partial charge is 0.423 e. The van der Waals surface area contributed by atoms with Gasteiger partial charge in [-0.1, -0.05) is 62.7 Å². The highest BCUT2D eigenvalue weighted by Crippen LogP contribution is 2.39. The van der Waals surface area contributed by atoms with Crippen molar-refractivity contribution in [2.24, 2.45) is 5.92 Å². The van der Waals surface area contributed by atoms with E-state index in [-0.39, 0.29) is 11.3 Å². The summed E-state index contributed by atoms with van der Waals surface area (Å²) in [7, 11) is 0. The number of halogens is 2. The number of rotatable bonds is 8. The summed E-state index contributed by atoms with van der Waals surface area (Å²) >= 11 is 0. The van der Waals surface area contributed by atoms with Crippen molar-refractivity contribution in [1.29, 1.82) is 0 Å². The van der Waals surface area contributed by atoms with Gasteiger partial charge in [-0.25, -0.2) is 13.6 Å². The fourth-order valence-electron chi connectivity index (χ4n) is 5.33. The first-order valence-electron chi connectivity index (χ1n) is 12.8. The van der Waals surface area contributed by atoms with Gasteiger partial charge >= 0.3 is 5.97 Å². The van der Waals surface area contributed by atoms with Crippen LogP contribution < -0.4 is 4.74 Å². The molecule has 0 amide bonds. The molecule has 0 bridgehead atoms. The number of hydrogen-bond acceptors (Lipinski definition) is 2. The van der Waals surface area contributed by atoms with Crippen LogP contribution in [-0.2, 0) is 6.42 Å². The summed E-state index contributed by atoms with van der Waals surface area (Å²) in [5.74, 6) is -0.266. The molecule has 0 radical (unpaired) electrons. The third-order valence-corrected chi connectivity index (χ3v) is 7.35. The lowest BCUT2D eigenvalue weighted by Crippen LogP contribution is -2.15. The highest BCUT2D eigenvalue weighted by Gasteiger charge is 2.24. The van der Waals surface area contributed by atoms with Gasteiger partial charge in [-0.2, -0.15) is 0 Å². The average molecular weight is 477 g/mol. The predicted octanol–water partition coefficient (Wildman–Crippen LogP) is 8.60. The van der Waals surface area contributed by atoms with Gasteiger partial charge in [-0.3, -0.25) is 0 Å². The van der Waals surface area contributed by atoms with E-state index in [9.17, 15) is 13.6 Å². The highest BCUT2D eigenvalue weighted by atomic mass is 19.1. The van der Waals surface area contributed by atoms with Crippen LogP contribution in [-0.4, -0.2) is 5.97 Å². The molecular formula is C31H34F2O2. The van der Waals surface area contributed by atoms with E-state index in [0.717, 1.165) is 30.9 Å². The van der Waals surface area contributed by atoms with E-state index >= 15 is 0 Å². The van der Waals surface area contributed by atoms with Crippen molar-refractivity contribution in [3.8, 4) is 5.75 Å². The minimum absolute atomic E-state index is 0.0286. The Balaban J connectivity index is 1.31. The van der Waals surface area contributed by atoms with Crippen LogP contribution in [0.4, 0.5) is 8.78 Å². The van der Waals surface area contributed by atoms with Gasteiger partial charge in [0.25, 0.3) is 0 Å². The molecule has 1 aliphatic rings. The smallest absolute Gasteiger partial charge is 0.343 e. The second kappa shape index (κ2) is 11.6. The van der Waals surface area contributed by atoms with Crippen LogP contribution in [0.5, 0.6) is 5.75 Å². The number of esters is 1. The molecule has 2 nitrogen and oxygen atoms in total. The molecule has 0 heterocycles. The van der Waals surface area contributed by atoms with Crippen LogP contribution in [0.3, 0.4) is 0 Å². The lowest BCUT2D eigenvalue weighted by molar-refractivity contribution is 0.0734. The Morgan fingerprint density at radius 2 is 1.57 bits per heavy atom. The summed E-state index contributed by atoms with van der Waals surface area (Å²) in [5.41, 5.74) is 3.05. The van der Waals surface area contributed by atoms with E-state index in [1.165, 1.54) is 30.4 Å². The van der Waals surface area contributed by atoms with Crippen molar-refractivity contribution in [2.45, 2.75) is 70.6 Å². The van der Waals surface area contributed by atoms with Crippen LogP contribution in [0.15, 0.2) is 66.7 Å². The van der Waals surface area contributed by atoms with Gasteiger partial charge in [-0.15, -0.1) is 0 Å². The number of carbonyl (C=O) groups excluding carboxylic acids is 1. The normalized spacial score (nSPS) is 18.7. The maximum atomic E-state index is 14.2. The van der Waals surface area contributed by atoms with E-state index in [1.807, 2.05) is 19.1 Å². The Morgan fingerprint density at radius 1 is 0.943 bits per heavy atom. The second-order valence-electron chi connectivity index (χ2n) is 9.89. The van der Waals surface area contributed by atoms with Gasteiger partial charge in [0.2, 0.25) is 0 Å². The minimum atomic E-state index is -0.682. The number of hydrogen-bond donors (Lipinski definition) is 0. The van der Waals surface area contributed by atoms with Crippen molar-refractivity contribution in [3.05, 3.63) is 101 Å². The molecule has 1 aliphatic carbocycles. The van der Waals surface area contributed by atoms with Crippen LogP contribution in [0.2, 0.25) is 0 Å². The van der Waals surface area contributed by atoms with Gasteiger partial charge in [0, 0.05) is 17.7 Å². The van der Waals surface area contributed by atoms with E-state index in [0.29, 0.717) is 30.2 Å². The first kappa shape index (κ1) is 25.1. The number of carbonyl (C=O) groups is 1. The van der Waals surface area contributed by atoms with Gasteiger partial charge in [0.05, 0.1) is 5.56 Å². The lowest BCUT2D eigenvalue weighted by atomic mass is 9.75. The fraction of sp³-hybridized carbons (Fsp3) is 0.387. The van der Waals surface area contributed by atoms with E-state index in [4.69, 9.17) is 4.74 Å². The molecule has 3 aromatic carbocycles. The molecule has 35 heavy (non-hydrogen) atoms. The molecule has 0 saturated heterocycles. The van der Waals surface area contributed by atoms with E-state index in [1.54, 1.807) is 12.1 Å². The van der Waals surface area contributed by atoms with E-state index in [2.05, 4.69) is 37.3 Å². The summed E-state index contributed by atoms with van der Waals surface area (Å²) in [5, 5.41) is 0. The zero-order valence-corrected chi connectivity index (χ0v) is 20.6. The first-order chi connectivity index (χ1) is 16.9. The van der Waals surface area contributed by atoms with Gasteiger partial charge in [-0.05, 0) is 79.5 Å². The Kier molecular flexibility index (Phi) is 8.33. The Morgan fingerprint density at radius 3 is 2.17 bits per heavy atom. The zero-order valence-electron chi connectivity index (χ0n) is 20.6. The zero-order chi connectivity index (χ0) is 24.8.